The third-order valence-corrected chi connectivity index (χ3v) is 3.20. The van der Waals surface area contributed by atoms with Crippen LogP contribution in [0.25, 0.3) is 0 Å². The summed E-state index contributed by atoms with van der Waals surface area (Å²) in [6, 6.07) is 6.29. The maximum atomic E-state index is 6.21. The lowest BCUT2D eigenvalue weighted by Crippen LogP contribution is -2.54. The number of rotatable bonds is 2. The Hall–Kier alpha value is -0.0900. The number of benzene rings is 1. The second-order valence-corrected chi connectivity index (χ2v) is 4.72. The van der Waals surface area contributed by atoms with Crippen molar-refractivity contribution in [1.29, 1.82) is 0 Å². The van der Waals surface area contributed by atoms with Crippen molar-refractivity contribution in [3.05, 3.63) is 33.8 Å². The zero-order valence-electron chi connectivity index (χ0n) is 8.63. The Morgan fingerprint density at radius 1 is 1.47 bits per heavy atom. The Kier molecular flexibility index (Phi) is 4.18. The smallest absolute Gasteiger partial charge is 0.0886 e. The molecule has 1 saturated heterocycles. The lowest BCUT2D eigenvalue weighted by atomic mass is 9.85. The summed E-state index contributed by atoms with van der Waals surface area (Å²) < 4.78 is 6.30. The summed E-state index contributed by atoms with van der Waals surface area (Å²) in [5.74, 6) is 0. The maximum Gasteiger partial charge on any atom is 0.0886 e. The number of halogens is 2. The first kappa shape index (κ1) is 13.0. The normalized spacial score (nSPS) is 17.8. The summed E-state index contributed by atoms with van der Waals surface area (Å²) in [5, 5.41) is 0. The molecular formula is C11H15BrClNO. The minimum absolute atomic E-state index is 0. The van der Waals surface area contributed by atoms with Crippen LogP contribution in [0.4, 0.5) is 0 Å². The Morgan fingerprint density at radius 3 is 2.60 bits per heavy atom. The summed E-state index contributed by atoms with van der Waals surface area (Å²) >= 11 is 3.47. The standard InChI is InChI=1S/C11H14BrNO.ClH/c1-2-8-5-9(12)3-4-10(8)11(13)6-14-7-11;/h3-5H,2,6-7,13H2,1H3;1H. The van der Waals surface area contributed by atoms with Gasteiger partial charge in [0.2, 0.25) is 0 Å². The van der Waals surface area contributed by atoms with Gasteiger partial charge in [-0.25, -0.2) is 0 Å². The molecule has 2 nitrogen and oxygen atoms in total. The molecule has 4 heteroatoms. The van der Waals surface area contributed by atoms with E-state index in [9.17, 15) is 0 Å². The van der Waals surface area contributed by atoms with Crippen molar-refractivity contribution in [2.75, 3.05) is 13.2 Å². The molecule has 0 aliphatic carbocycles. The number of hydrogen-bond acceptors (Lipinski definition) is 2. The quantitative estimate of drug-likeness (QED) is 0.909. The molecule has 0 saturated carbocycles. The summed E-state index contributed by atoms with van der Waals surface area (Å²) in [5.41, 5.74) is 8.51. The molecular weight excluding hydrogens is 277 g/mol. The molecule has 0 aromatic heterocycles. The van der Waals surface area contributed by atoms with Gasteiger partial charge in [0.25, 0.3) is 0 Å². The average molecular weight is 293 g/mol. The van der Waals surface area contributed by atoms with Crippen LogP contribution in [0.15, 0.2) is 22.7 Å². The van der Waals surface area contributed by atoms with Gasteiger partial charge in [-0.05, 0) is 29.7 Å². The third kappa shape index (κ3) is 2.36. The molecule has 0 unspecified atom stereocenters. The largest absolute Gasteiger partial charge is 0.377 e. The number of ether oxygens (including phenoxy) is 1. The van der Waals surface area contributed by atoms with Crippen LogP contribution in [0, 0.1) is 0 Å². The van der Waals surface area contributed by atoms with E-state index in [2.05, 4.69) is 35.0 Å². The number of aryl methyl sites for hydroxylation is 1. The number of nitrogens with two attached hydrogens (primary N) is 1. The van der Waals surface area contributed by atoms with Gasteiger partial charge in [0.1, 0.15) is 0 Å². The van der Waals surface area contributed by atoms with Crippen molar-refractivity contribution >= 4 is 28.3 Å². The van der Waals surface area contributed by atoms with E-state index >= 15 is 0 Å². The number of hydrogen-bond donors (Lipinski definition) is 1. The lowest BCUT2D eigenvalue weighted by molar-refractivity contribution is -0.0573. The van der Waals surface area contributed by atoms with E-state index in [1.807, 2.05) is 6.07 Å². The van der Waals surface area contributed by atoms with Crippen molar-refractivity contribution < 1.29 is 4.74 Å². The van der Waals surface area contributed by atoms with E-state index in [1.54, 1.807) is 0 Å². The van der Waals surface area contributed by atoms with Crippen molar-refractivity contribution in [3.63, 3.8) is 0 Å². The van der Waals surface area contributed by atoms with Crippen LogP contribution in [0.2, 0.25) is 0 Å². The fourth-order valence-electron chi connectivity index (χ4n) is 1.82. The van der Waals surface area contributed by atoms with E-state index in [-0.39, 0.29) is 17.9 Å². The average Bonchev–Trinajstić information content (AvgIpc) is 2.14. The van der Waals surface area contributed by atoms with Crippen LogP contribution >= 0.6 is 28.3 Å². The summed E-state index contributed by atoms with van der Waals surface area (Å²) in [6.45, 7) is 3.43. The summed E-state index contributed by atoms with van der Waals surface area (Å²) in [4.78, 5) is 0. The molecule has 1 fully saturated rings. The molecule has 0 radical (unpaired) electrons. The molecule has 1 aliphatic rings. The van der Waals surface area contributed by atoms with E-state index in [0.29, 0.717) is 13.2 Å². The molecule has 84 valence electrons. The minimum Gasteiger partial charge on any atom is -0.377 e. The van der Waals surface area contributed by atoms with E-state index in [4.69, 9.17) is 10.5 Å². The minimum atomic E-state index is -0.244. The monoisotopic (exact) mass is 291 g/mol. The highest BCUT2D eigenvalue weighted by Gasteiger charge is 2.37. The van der Waals surface area contributed by atoms with Gasteiger partial charge in [-0.2, -0.15) is 0 Å². The lowest BCUT2D eigenvalue weighted by Gasteiger charge is -2.39. The van der Waals surface area contributed by atoms with Crippen LogP contribution < -0.4 is 5.73 Å². The first-order chi connectivity index (χ1) is 6.65. The molecule has 0 atom stereocenters. The molecule has 0 amide bonds. The molecule has 1 aromatic rings. The van der Waals surface area contributed by atoms with Crippen molar-refractivity contribution in [2.45, 2.75) is 18.9 Å². The maximum absolute atomic E-state index is 6.21. The van der Waals surface area contributed by atoms with E-state index in [1.165, 1.54) is 11.1 Å². The van der Waals surface area contributed by atoms with E-state index in [0.717, 1.165) is 10.9 Å². The van der Waals surface area contributed by atoms with Gasteiger partial charge in [0.15, 0.2) is 0 Å². The van der Waals surface area contributed by atoms with Crippen molar-refractivity contribution in [3.8, 4) is 0 Å². The fraction of sp³-hybridized carbons (Fsp3) is 0.455. The molecule has 0 bridgehead atoms. The van der Waals surface area contributed by atoms with E-state index < -0.39 is 0 Å². The Morgan fingerprint density at radius 2 is 2.13 bits per heavy atom. The van der Waals surface area contributed by atoms with Crippen LogP contribution in [0.1, 0.15) is 18.1 Å². The van der Waals surface area contributed by atoms with Crippen LogP contribution in [-0.2, 0) is 16.7 Å². The summed E-state index contributed by atoms with van der Waals surface area (Å²) in [7, 11) is 0. The van der Waals surface area contributed by atoms with Crippen LogP contribution in [-0.4, -0.2) is 13.2 Å². The Labute approximate surface area is 105 Å². The molecule has 1 aromatic carbocycles. The molecule has 2 rings (SSSR count). The molecule has 1 heterocycles. The molecule has 1 aliphatic heterocycles. The molecule has 2 N–H and O–H groups in total. The zero-order chi connectivity index (χ0) is 10.2. The van der Waals surface area contributed by atoms with Gasteiger partial charge in [-0.15, -0.1) is 12.4 Å². The first-order valence-corrected chi connectivity index (χ1v) is 5.60. The van der Waals surface area contributed by atoms with Crippen LogP contribution in [0.3, 0.4) is 0 Å². The zero-order valence-corrected chi connectivity index (χ0v) is 11.0. The highest BCUT2D eigenvalue weighted by atomic mass is 79.9. The summed E-state index contributed by atoms with van der Waals surface area (Å²) in [6.07, 6.45) is 1.01. The Balaban J connectivity index is 0.00000112. The molecule has 0 spiro atoms. The topological polar surface area (TPSA) is 35.2 Å². The van der Waals surface area contributed by atoms with Crippen LogP contribution in [0.5, 0.6) is 0 Å². The van der Waals surface area contributed by atoms with Crippen molar-refractivity contribution in [2.24, 2.45) is 5.73 Å². The van der Waals surface area contributed by atoms with Gasteiger partial charge >= 0.3 is 0 Å². The van der Waals surface area contributed by atoms with Gasteiger partial charge in [-0.1, -0.05) is 28.9 Å². The van der Waals surface area contributed by atoms with Gasteiger partial charge in [-0.3, -0.25) is 0 Å². The first-order valence-electron chi connectivity index (χ1n) is 4.81. The third-order valence-electron chi connectivity index (χ3n) is 2.70. The SMILES string of the molecule is CCc1cc(Br)ccc1C1(N)COC1.Cl. The predicted molar refractivity (Wildman–Crippen MR) is 67.5 cm³/mol. The predicted octanol–water partition coefficient (Wildman–Crippen LogP) is 2.62. The highest BCUT2D eigenvalue weighted by molar-refractivity contribution is 9.10. The molecule has 15 heavy (non-hydrogen) atoms. The van der Waals surface area contributed by atoms with Gasteiger partial charge in [0.05, 0.1) is 18.8 Å². The fourth-order valence-corrected chi connectivity index (χ4v) is 2.23. The second-order valence-electron chi connectivity index (χ2n) is 3.80. The highest BCUT2D eigenvalue weighted by Crippen LogP contribution is 2.31. The Bertz CT molecular complexity index is 352. The second kappa shape index (κ2) is 4.83. The van der Waals surface area contributed by atoms with Crippen molar-refractivity contribution in [1.82, 2.24) is 0 Å². The van der Waals surface area contributed by atoms with Gasteiger partial charge in [0, 0.05) is 4.47 Å². The van der Waals surface area contributed by atoms with Gasteiger partial charge < -0.3 is 10.5 Å².